The van der Waals surface area contributed by atoms with Crippen LogP contribution in [0.3, 0.4) is 0 Å². The van der Waals surface area contributed by atoms with Crippen molar-refractivity contribution in [3.63, 3.8) is 0 Å². The van der Waals surface area contributed by atoms with E-state index in [1.807, 2.05) is 0 Å². The summed E-state index contributed by atoms with van der Waals surface area (Å²) in [7, 11) is 0. The van der Waals surface area contributed by atoms with E-state index in [2.05, 4.69) is 173 Å². The molecule has 2 unspecified atom stereocenters. The lowest BCUT2D eigenvalue weighted by atomic mass is 9.73. The number of furan rings is 1. The summed E-state index contributed by atoms with van der Waals surface area (Å²) >= 11 is 0. The Morgan fingerprint density at radius 2 is 1.22 bits per heavy atom. The van der Waals surface area contributed by atoms with Gasteiger partial charge in [0.15, 0.2) is 0 Å². The number of para-hydroxylation sites is 1. The first-order valence-corrected chi connectivity index (χ1v) is 25.5. The summed E-state index contributed by atoms with van der Waals surface area (Å²) in [5.41, 5.74) is 29.1. The van der Waals surface area contributed by atoms with Gasteiger partial charge in [-0.1, -0.05) is 120 Å². The summed E-state index contributed by atoms with van der Waals surface area (Å²) in [5, 5.41) is 4.86. The van der Waals surface area contributed by atoms with Crippen molar-refractivity contribution in [2.75, 3.05) is 0 Å². The van der Waals surface area contributed by atoms with Crippen molar-refractivity contribution in [2.45, 2.75) is 94.9 Å². The summed E-state index contributed by atoms with van der Waals surface area (Å²) in [5.74, 6) is 1.07. The topological polar surface area (TPSA) is 49.0 Å². The highest BCUT2D eigenvalue weighted by atomic mass is 16.3. The largest absolute Gasteiger partial charge is 0.456 e. The smallest absolute Gasteiger partial charge is 0.135 e. The maximum Gasteiger partial charge on any atom is 0.135 e. The van der Waals surface area contributed by atoms with Crippen LogP contribution < -0.4 is 5.73 Å². The minimum Gasteiger partial charge on any atom is -0.456 e. The summed E-state index contributed by atoms with van der Waals surface area (Å²) < 4.78 is 11.7. The van der Waals surface area contributed by atoms with Gasteiger partial charge in [0.1, 0.15) is 11.2 Å². The Morgan fingerprint density at radius 3 is 2.06 bits per heavy atom. The molecule has 15 rings (SSSR count). The molecule has 7 aliphatic carbocycles. The van der Waals surface area contributed by atoms with Gasteiger partial charge in [-0.3, -0.25) is 0 Å². The molecule has 0 aliphatic heterocycles. The molecular weight excluding hydrogens is 827 g/mol. The molecular formula is C64H57N3O. The Kier molecular flexibility index (Phi) is 9.38. The van der Waals surface area contributed by atoms with E-state index < -0.39 is 5.54 Å². The SMILES string of the molecule is NC12CCC/C(=C/C=C\c3c1c1cc(-c4ccccc4/C4=C/C=C\C=C5\CCCCC4C5)ccc1n3-c1ccc3oc4ccc(-n5c6c(c7ccccc75)C5CCC(=C/C=C\6)CC5)cc4c3c1)C2. The van der Waals surface area contributed by atoms with Crippen LogP contribution in [0.25, 0.3) is 84.0 Å². The number of hydrogen-bond acceptors (Lipinski definition) is 2. The number of benzene rings is 5. The highest BCUT2D eigenvalue weighted by Gasteiger charge is 2.38. The van der Waals surface area contributed by atoms with E-state index in [1.54, 1.807) is 11.1 Å². The van der Waals surface area contributed by atoms with Gasteiger partial charge in [0.25, 0.3) is 0 Å². The molecule has 2 atom stereocenters. The molecule has 0 spiro atoms. The van der Waals surface area contributed by atoms with Crippen molar-refractivity contribution in [2.24, 2.45) is 11.7 Å². The van der Waals surface area contributed by atoms with Gasteiger partial charge in [-0.2, -0.15) is 0 Å². The van der Waals surface area contributed by atoms with Gasteiger partial charge in [0.05, 0.1) is 22.4 Å². The van der Waals surface area contributed by atoms with Crippen molar-refractivity contribution < 1.29 is 4.42 Å². The maximum absolute atomic E-state index is 7.79. The van der Waals surface area contributed by atoms with Gasteiger partial charge < -0.3 is 19.3 Å². The molecule has 3 saturated carbocycles. The number of nitrogens with zero attached hydrogens (tertiary/aromatic N) is 2. The van der Waals surface area contributed by atoms with Crippen LogP contribution in [0, 0.1) is 5.92 Å². The summed E-state index contributed by atoms with van der Waals surface area (Å²) in [6, 6.07) is 39.0. The zero-order chi connectivity index (χ0) is 44.9. The number of nitrogens with two attached hydrogens (primary N) is 1. The fourth-order valence-corrected chi connectivity index (χ4v) is 13.7. The van der Waals surface area contributed by atoms with E-state index in [-0.39, 0.29) is 0 Å². The Labute approximate surface area is 398 Å². The zero-order valence-electron chi connectivity index (χ0n) is 38.8. The molecule has 7 aliphatic rings. The minimum absolute atomic E-state index is 0.483. The highest BCUT2D eigenvalue weighted by Crippen LogP contribution is 2.49. The van der Waals surface area contributed by atoms with Crippen molar-refractivity contribution >= 4 is 61.5 Å². The first-order valence-electron chi connectivity index (χ1n) is 25.5. The number of aromatic nitrogens is 2. The van der Waals surface area contributed by atoms with E-state index >= 15 is 0 Å². The van der Waals surface area contributed by atoms with Gasteiger partial charge in [-0.05, 0) is 183 Å². The quantitative estimate of drug-likeness (QED) is 0.191. The normalized spacial score (nSPS) is 26.0. The molecule has 2 N–H and O–H groups in total. The third kappa shape index (κ3) is 6.44. The predicted molar refractivity (Wildman–Crippen MR) is 284 cm³/mol. The molecule has 0 saturated heterocycles. The van der Waals surface area contributed by atoms with Crippen molar-refractivity contribution in [3.8, 4) is 22.5 Å². The van der Waals surface area contributed by atoms with E-state index in [4.69, 9.17) is 10.2 Å². The number of rotatable bonds is 4. The van der Waals surface area contributed by atoms with Crippen LogP contribution in [0.2, 0.25) is 0 Å². The molecule has 68 heavy (non-hydrogen) atoms. The molecule has 3 fully saturated rings. The molecule has 4 heteroatoms. The first-order chi connectivity index (χ1) is 33.5. The zero-order valence-corrected chi connectivity index (χ0v) is 38.8. The number of hydrogen-bond donors (Lipinski definition) is 1. The van der Waals surface area contributed by atoms with Crippen molar-refractivity contribution in [1.29, 1.82) is 0 Å². The monoisotopic (exact) mass is 883 g/mol. The molecule has 3 aromatic heterocycles. The summed E-state index contributed by atoms with van der Waals surface area (Å²) in [6.07, 6.45) is 38.3. The molecule has 0 radical (unpaired) electrons. The Morgan fingerprint density at radius 1 is 0.529 bits per heavy atom. The standard InChI is InChI=1S/C64H57N3O/c65-64-35-11-16-43(40-64)15-10-24-59-63(64)55-37-46(50-19-5-6-20-51(50)49-18-4-2-13-42-12-1-3-17-45(49)36-42)29-32-57(55)67(59)48-31-34-61-54(39-48)53-38-47(30-33-60(53)68-61)66-56-22-8-7-21-52(56)62-44-27-25-41(26-28-44)14-9-23-58(62)66/h2,4-10,13-15,18-24,29-34,37-39,44-45H,1,3,11-12,16-17,25-28,35-36,40,65H2/b4-2-,23-9-,24-10-,41-14?,42-13-,43-15-,49-18+. The summed E-state index contributed by atoms with van der Waals surface area (Å²) in [6.45, 7) is 0. The lowest BCUT2D eigenvalue weighted by molar-refractivity contribution is 0.355. The maximum atomic E-state index is 7.79. The van der Waals surface area contributed by atoms with E-state index in [9.17, 15) is 0 Å². The average molecular weight is 884 g/mol. The van der Waals surface area contributed by atoms with Crippen LogP contribution in [-0.4, -0.2) is 9.13 Å². The fourth-order valence-electron chi connectivity index (χ4n) is 13.7. The summed E-state index contributed by atoms with van der Waals surface area (Å²) in [4.78, 5) is 0. The third-order valence-electron chi connectivity index (χ3n) is 16.8. The third-order valence-corrected chi connectivity index (χ3v) is 16.8. The lowest BCUT2D eigenvalue weighted by Crippen LogP contribution is -2.40. The molecule has 4 nitrogen and oxygen atoms in total. The molecule has 6 bridgehead atoms. The first kappa shape index (κ1) is 40.2. The van der Waals surface area contributed by atoms with E-state index in [1.165, 1.54) is 124 Å². The van der Waals surface area contributed by atoms with Gasteiger partial charge in [-0.25, -0.2) is 0 Å². The van der Waals surface area contributed by atoms with E-state index in [0.29, 0.717) is 11.8 Å². The second kappa shape index (κ2) is 15.9. The Bertz CT molecular complexity index is 3630. The molecule has 3 heterocycles. The number of allylic oxidation sites excluding steroid dienone is 11. The molecule has 334 valence electrons. The molecule has 5 aromatic carbocycles. The van der Waals surface area contributed by atoms with Crippen LogP contribution in [0.1, 0.15) is 117 Å². The number of fused-ring (bicyclic) bond motifs is 15. The van der Waals surface area contributed by atoms with E-state index in [0.717, 1.165) is 65.4 Å². The van der Waals surface area contributed by atoms with Gasteiger partial charge in [0, 0.05) is 44.0 Å². The van der Waals surface area contributed by atoms with Crippen LogP contribution in [0.15, 0.2) is 173 Å². The van der Waals surface area contributed by atoms with Crippen molar-refractivity contribution in [3.05, 3.63) is 197 Å². The molecule has 0 amide bonds. The fraction of sp³-hybridized carbons (Fsp3) is 0.250. The average Bonchev–Trinajstić information content (AvgIpc) is 3.95. The van der Waals surface area contributed by atoms with Crippen LogP contribution in [-0.2, 0) is 5.54 Å². The minimum atomic E-state index is -0.483. The van der Waals surface area contributed by atoms with Gasteiger partial charge in [-0.15, -0.1) is 0 Å². The second-order valence-corrected chi connectivity index (χ2v) is 20.8. The predicted octanol–water partition coefficient (Wildman–Crippen LogP) is 16.9. The van der Waals surface area contributed by atoms with Crippen LogP contribution in [0.5, 0.6) is 0 Å². The molecule has 8 aromatic rings. The van der Waals surface area contributed by atoms with Crippen LogP contribution >= 0.6 is 0 Å². The van der Waals surface area contributed by atoms with Gasteiger partial charge >= 0.3 is 0 Å². The van der Waals surface area contributed by atoms with Crippen molar-refractivity contribution in [1.82, 2.24) is 9.13 Å². The highest BCUT2D eigenvalue weighted by molar-refractivity contribution is 6.07. The lowest BCUT2D eigenvalue weighted by Gasteiger charge is -2.36. The van der Waals surface area contributed by atoms with Gasteiger partial charge in [0.2, 0.25) is 0 Å². The van der Waals surface area contributed by atoms with Crippen LogP contribution in [0.4, 0.5) is 0 Å². The second-order valence-electron chi connectivity index (χ2n) is 20.8. The Balaban J connectivity index is 0.948. The Hall–Kier alpha value is -6.88.